The van der Waals surface area contributed by atoms with Crippen LogP contribution in [-0.2, 0) is 16.0 Å². The molecular weight excluding hydrogens is 330 g/mol. The summed E-state index contributed by atoms with van der Waals surface area (Å²) in [6, 6.07) is 18.1. The Morgan fingerprint density at radius 1 is 1.08 bits per heavy atom. The summed E-state index contributed by atoms with van der Waals surface area (Å²) in [6.07, 6.45) is 2.28. The molecule has 0 aliphatic carbocycles. The van der Waals surface area contributed by atoms with Crippen LogP contribution in [0.25, 0.3) is 11.4 Å². The lowest BCUT2D eigenvalue weighted by atomic mass is 10.2. The van der Waals surface area contributed by atoms with Crippen LogP contribution in [-0.4, -0.2) is 22.2 Å². The Bertz CT molecular complexity index is 1010. The highest BCUT2D eigenvalue weighted by Crippen LogP contribution is 2.15. The number of benzene rings is 2. The second-order valence-electron chi connectivity index (χ2n) is 5.68. The SMILES string of the molecule is COC(=O)CCc1cn(-c2ccc(C#N)cc2)c(=O)n1-c1ccccc1. The zero-order valence-corrected chi connectivity index (χ0v) is 14.3. The number of ether oxygens (including phenoxy) is 1. The molecule has 0 unspecified atom stereocenters. The van der Waals surface area contributed by atoms with E-state index in [0.717, 1.165) is 5.69 Å². The summed E-state index contributed by atoms with van der Waals surface area (Å²) in [5.41, 5.74) is 2.37. The molecular formula is C20H17N3O3. The predicted molar refractivity (Wildman–Crippen MR) is 96.4 cm³/mol. The third-order valence-electron chi connectivity index (χ3n) is 4.06. The Labute approximate surface area is 150 Å². The fourth-order valence-electron chi connectivity index (χ4n) is 2.74. The van der Waals surface area contributed by atoms with E-state index in [2.05, 4.69) is 6.07 Å². The lowest BCUT2D eigenvalue weighted by Gasteiger charge is -2.06. The number of para-hydroxylation sites is 1. The number of carbonyl (C=O) groups excluding carboxylic acids is 1. The van der Waals surface area contributed by atoms with Crippen molar-refractivity contribution in [1.29, 1.82) is 5.26 Å². The van der Waals surface area contributed by atoms with Crippen LogP contribution in [0.2, 0.25) is 0 Å². The Balaban J connectivity index is 2.09. The molecule has 6 heteroatoms. The number of nitrogens with zero attached hydrogens (tertiary/aromatic N) is 3. The van der Waals surface area contributed by atoms with Crippen molar-refractivity contribution in [3.05, 3.63) is 82.5 Å². The lowest BCUT2D eigenvalue weighted by molar-refractivity contribution is -0.140. The van der Waals surface area contributed by atoms with Crippen molar-refractivity contribution in [2.45, 2.75) is 12.8 Å². The smallest absolute Gasteiger partial charge is 0.337 e. The van der Waals surface area contributed by atoms with Gasteiger partial charge in [0.25, 0.3) is 0 Å². The van der Waals surface area contributed by atoms with E-state index in [1.165, 1.54) is 11.7 Å². The Kier molecular flexibility index (Phi) is 4.99. The molecule has 3 rings (SSSR count). The van der Waals surface area contributed by atoms with Gasteiger partial charge in [0.2, 0.25) is 0 Å². The summed E-state index contributed by atoms with van der Waals surface area (Å²) < 4.78 is 7.80. The van der Waals surface area contributed by atoms with Crippen molar-refractivity contribution in [1.82, 2.24) is 9.13 Å². The van der Waals surface area contributed by atoms with E-state index < -0.39 is 0 Å². The zero-order chi connectivity index (χ0) is 18.5. The summed E-state index contributed by atoms with van der Waals surface area (Å²) in [5.74, 6) is -0.330. The molecule has 3 aromatic rings. The number of aromatic nitrogens is 2. The van der Waals surface area contributed by atoms with Gasteiger partial charge in [-0.05, 0) is 36.4 Å². The second kappa shape index (κ2) is 7.53. The van der Waals surface area contributed by atoms with Crippen molar-refractivity contribution in [3.63, 3.8) is 0 Å². The van der Waals surface area contributed by atoms with Gasteiger partial charge in [-0.15, -0.1) is 0 Å². The molecule has 0 N–H and O–H groups in total. The molecule has 0 atom stereocenters. The van der Waals surface area contributed by atoms with Crippen molar-refractivity contribution < 1.29 is 9.53 Å². The van der Waals surface area contributed by atoms with E-state index in [-0.39, 0.29) is 18.1 Å². The van der Waals surface area contributed by atoms with Gasteiger partial charge in [-0.1, -0.05) is 18.2 Å². The third kappa shape index (κ3) is 3.42. The second-order valence-corrected chi connectivity index (χ2v) is 5.68. The first-order valence-corrected chi connectivity index (χ1v) is 8.10. The predicted octanol–water partition coefficient (Wildman–Crippen LogP) is 2.61. The van der Waals surface area contributed by atoms with Crippen LogP contribution in [0.15, 0.2) is 65.6 Å². The summed E-state index contributed by atoms with van der Waals surface area (Å²) in [7, 11) is 1.34. The number of rotatable bonds is 5. The topological polar surface area (TPSA) is 77.0 Å². The van der Waals surface area contributed by atoms with Crippen LogP contribution in [0, 0.1) is 11.3 Å². The van der Waals surface area contributed by atoms with Crippen LogP contribution in [0.1, 0.15) is 17.7 Å². The molecule has 0 saturated heterocycles. The largest absolute Gasteiger partial charge is 0.469 e. The average molecular weight is 347 g/mol. The van der Waals surface area contributed by atoms with E-state index in [0.29, 0.717) is 23.4 Å². The average Bonchev–Trinajstić information content (AvgIpc) is 3.03. The normalized spacial score (nSPS) is 10.3. The molecule has 0 aliphatic heterocycles. The highest BCUT2D eigenvalue weighted by molar-refractivity contribution is 5.69. The Hall–Kier alpha value is -3.59. The number of hydrogen-bond acceptors (Lipinski definition) is 4. The van der Waals surface area contributed by atoms with Crippen LogP contribution in [0.3, 0.4) is 0 Å². The number of esters is 1. The Morgan fingerprint density at radius 2 is 1.77 bits per heavy atom. The summed E-state index contributed by atoms with van der Waals surface area (Å²) in [5, 5.41) is 8.93. The maximum atomic E-state index is 13.0. The fourth-order valence-corrected chi connectivity index (χ4v) is 2.74. The van der Waals surface area contributed by atoms with Gasteiger partial charge in [0.15, 0.2) is 0 Å². The first kappa shape index (κ1) is 17.2. The van der Waals surface area contributed by atoms with Crippen LogP contribution < -0.4 is 5.69 Å². The molecule has 2 aromatic carbocycles. The molecule has 6 nitrogen and oxygen atoms in total. The maximum Gasteiger partial charge on any atom is 0.337 e. The molecule has 0 spiro atoms. The number of aryl methyl sites for hydroxylation is 1. The summed E-state index contributed by atoms with van der Waals surface area (Å²) in [4.78, 5) is 24.5. The lowest BCUT2D eigenvalue weighted by Crippen LogP contribution is -2.23. The number of hydrogen-bond donors (Lipinski definition) is 0. The van der Waals surface area contributed by atoms with Gasteiger partial charge >= 0.3 is 11.7 Å². The van der Waals surface area contributed by atoms with Gasteiger partial charge in [0, 0.05) is 18.3 Å². The van der Waals surface area contributed by atoms with Crippen molar-refractivity contribution >= 4 is 5.97 Å². The minimum absolute atomic E-state index is 0.181. The number of carbonyl (C=O) groups is 1. The van der Waals surface area contributed by atoms with Crippen molar-refractivity contribution in [2.24, 2.45) is 0 Å². The molecule has 0 aliphatic rings. The van der Waals surface area contributed by atoms with Gasteiger partial charge in [0.05, 0.1) is 36.5 Å². The van der Waals surface area contributed by atoms with Gasteiger partial charge in [-0.3, -0.25) is 13.9 Å². The number of imidazole rings is 1. The molecule has 26 heavy (non-hydrogen) atoms. The summed E-state index contributed by atoms with van der Waals surface area (Å²) in [6.45, 7) is 0. The van der Waals surface area contributed by atoms with Crippen LogP contribution >= 0.6 is 0 Å². The molecule has 130 valence electrons. The molecule has 1 aromatic heterocycles. The van der Waals surface area contributed by atoms with Gasteiger partial charge in [0.1, 0.15) is 0 Å². The molecule has 0 fully saturated rings. The highest BCUT2D eigenvalue weighted by atomic mass is 16.5. The van der Waals surface area contributed by atoms with E-state index in [9.17, 15) is 9.59 Å². The first-order chi connectivity index (χ1) is 12.6. The highest BCUT2D eigenvalue weighted by Gasteiger charge is 2.15. The zero-order valence-electron chi connectivity index (χ0n) is 14.3. The van der Waals surface area contributed by atoms with Crippen molar-refractivity contribution in [2.75, 3.05) is 7.11 Å². The monoisotopic (exact) mass is 347 g/mol. The van der Waals surface area contributed by atoms with Gasteiger partial charge in [-0.2, -0.15) is 5.26 Å². The molecule has 0 amide bonds. The molecule has 1 heterocycles. The summed E-state index contributed by atoms with van der Waals surface area (Å²) >= 11 is 0. The van der Waals surface area contributed by atoms with Crippen molar-refractivity contribution in [3.8, 4) is 17.4 Å². The third-order valence-corrected chi connectivity index (χ3v) is 4.06. The first-order valence-electron chi connectivity index (χ1n) is 8.10. The minimum Gasteiger partial charge on any atom is -0.469 e. The Morgan fingerprint density at radius 3 is 2.38 bits per heavy atom. The van der Waals surface area contributed by atoms with E-state index in [1.807, 2.05) is 30.3 Å². The minimum atomic E-state index is -0.330. The van der Waals surface area contributed by atoms with Crippen LogP contribution in [0.4, 0.5) is 0 Å². The molecule has 0 saturated carbocycles. The standard InChI is InChI=1S/C20H17N3O3/c1-26-19(24)12-11-18-14-22(16-9-7-15(13-21)8-10-16)20(25)23(18)17-5-3-2-4-6-17/h2-10,14H,11-12H2,1H3. The van der Waals surface area contributed by atoms with E-state index >= 15 is 0 Å². The van der Waals surface area contributed by atoms with Gasteiger partial charge in [-0.25, -0.2) is 4.79 Å². The molecule has 0 radical (unpaired) electrons. The van der Waals surface area contributed by atoms with E-state index in [1.54, 1.807) is 35.0 Å². The fraction of sp³-hybridized carbons (Fsp3) is 0.150. The van der Waals surface area contributed by atoms with Crippen LogP contribution in [0.5, 0.6) is 0 Å². The molecule has 0 bridgehead atoms. The number of nitriles is 1. The van der Waals surface area contributed by atoms with Gasteiger partial charge < -0.3 is 4.74 Å². The maximum absolute atomic E-state index is 13.0. The number of methoxy groups -OCH3 is 1. The quantitative estimate of drug-likeness (QED) is 0.665. The van der Waals surface area contributed by atoms with E-state index in [4.69, 9.17) is 10.00 Å².